The Labute approximate surface area is 203 Å². The number of likely N-dealkylation sites (N-methyl/N-ethyl adjacent to an activating group) is 1. The van der Waals surface area contributed by atoms with E-state index < -0.39 is 11.7 Å². The molecule has 1 atom stereocenters. The van der Waals surface area contributed by atoms with Crippen molar-refractivity contribution in [1.82, 2.24) is 29.7 Å². The summed E-state index contributed by atoms with van der Waals surface area (Å²) >= 11 is 1.30. The number of fused-ring (bicyclic) bond motifs is 1. The van der Waals surface area contributed by atoms with Crippen LogP contribution >= 0.6 is 11.3 Å². The third-order valence-corrected chi connectivity index (χ3v) is 6.39. The molecule has 0 aliphatic heterocycles. The van der Waals surface area contributed by atoms with Crippen LogP contribution in [-0.4, -0.2) is 51.0 Å². The Kier molecular flexibility index (Phi) is 7.03. The van der Waals surface area contributed by atoms with Crippen molar-refractivity contribution in [2.45, 2.75) is 25.7 Å². The van der Waals surface area contributed by atoms with Crippen molar-refractivity contribution in [3.8, 4) is 0 Å². The van der Waals surface area contributed by atoms with Gasteiger partial charge in [0, 0.05) is 29.9 Å². The number of carbonyl (C=O) groups excluding carboxylic acids is 1. The molecule has 1 unspecified atom stereocenters. The number of alkyl halides is 3. The smallest absolute Gasteiger partial charge is 0.343 e. The van der Waals surface area contributed by atoms with Gasteiger partial charge in [-0.3, -0.25) is 4.79 Å². The number of imidazole rings is 1. The summed E-state index contributed by atoms with van der Waals surface area (Å²) in [5.74, 6) is -0.328. The molecule has 1 aromatic carbocycles. The van der Waals surface area contributed by atoms with Crippen LogP contribution in [0.1, 0.15) is 33.9 Å². The SMILES string of the molecule is CC(NC(=O)c1cc2c(cn1)ncn2CCN(C)C)c1cnc(Nc2ccc(C(F)(F)F)cc2)s1. The minimum absolute atomic E-state index is 0.281. The zero-order valence-corrected chi connectivity index (χ0v) is 20.1. The van der Waals surface area contributed by atoms with Crippen molar-refractivity contribution in [2.75, 3.05) is 26.0 Å². The van der Waals surface area contributed by atoms with Crippen molar-refractivity contribution < 1.29 is 18.0 Å². The number of rotatable bonds is 8. The lowest BCUT2D eigenvalue weighted by Gasteiger charge is -2.12. The number of anilines is 2. The van der Waals surface area contributed by atoms with E-state index in [4.69, 9.17) is 0 Å². The quantitative estimate of drug-likeness (QED) is 0.362. The number of hydrogen-bond donors (Lipinski definition) is 2. The Morgan fingerprint density at radius 2 is 1.89 bits per heavy atom. The van der Waals surface area contributed by atoms with Gasteiger partial charge < -0.3 is 20.1 Å². The predicted molar refractivity (Wildman–Crippen MR) is 129 cm³/mol. The second-order valence-corrected chi connectivity index (χ2v) is 9.32. The van der Waals surface area contributed by atoms with Gasteiger partial charge in [-0.15, -0.1) is 0 Å². The monoisotopic (exact) mass is 503 g/mol. The standard InChI is InChI=1S/C23H24F3N7OS/c1-14(20-12-28-22(35-20)31-16-6-4-15(5-7-16)23(24,25)26)30-21(34)17-10-19-18(11-27-17)29-13-33(19)9-8-32(2)3/h4-7,10-14H,8-9H2,1-3H3,(H,28,31)(H,30,34). The molecule has 0 spiro atoms. The highest BCUT2D eigenvalue weighted by Crippen LogP contribution is 2.31. The van der Waals surface area contributed by atoms with Gasteiger partial charge in [0.1, 0.15) is 11.2 Å². The molecule has 3 aromatic heterocycles. The van der Waals surface area contributed by atoms with E-state index in [2.05, 4.69) is 30.5 Å². The number of thiazole rings is 1. The molecule has 2 N–H and O–H groups in total. The van der Waals surface area contributed by atoms with Crippen LogP contribution in [0.4, 0.5) is 24.0 Å². The third kappa shape index (κ3) is 5.95. The Bertz CT molecular complexity index is 1310. The topological polar surface area (TPSA) is 88.0 Å². The molecule has 184 valence electrons. The molecule has 35 heavy (non-hydrogen) atoms. The summed E-state index contributed by atoms with van der Waals surface area (Å²) in [5, 5.41) is 6.41. The van der Waals surface area contributed by atoms with Crippen LogP contribution in [0, 0.1) is 0 Å². The highest BCUT2D eigenvalue weighted by Gasteiger charge is 2.30. The Morgan fingerprint density at radius 1 is 1.14 bits per heavy atom. The molecule has 0 aliphatic rings. The Hall–Kier alpha value is -3.51. The van der Waals surface area contributed by atoms with E-state index in [-0.39, 0.29) is 17.6 Å². The third-order valence-electron chi connectivity index (χ3n) is 5.29. The molecular formula is C23H24F3N7OS. The van der Waals surface area contributed by atoms with Gasteiger partial charge in [0.15, 0.2) is 5.13 Å². The summed E-state index contributed by atoms with van der Waals surface area (Å²) < 4.78 is 40.2. The number of amides is 1. The minimum atomic E-state index is -4.38. The summed E-state index contributed by atoms with van der Waals surface area (Å²) in [6, 6.07) is 6.09. The first kappa shape index (κ1) is 24.6. The normalized spacial score (nSPS) is 12.8. The van der Waals surface area contributed by atoms with Crippen LogP contribution in [0.5, 0.6) is 0 Å². The van der Waals surface area contributed by atoms with Gasteiger partial charge in [-0.25, -0.2) is 15.0 Å². The zero-order chi connectivity index (χ0) is 25.2. The number of carbonyl (C=O) groups is 1. The average Bonchev–Trinajstić information content (AvgIpc) is 3.44. The van der Waals surface area contributed by atoms with E-state index >= 15 is 0 Å². The van der Waals surface area contributed by atoms with E-state index in [9.17, 15) is 18.0 Å². The molecule has 0 radical (unpaired) electrons. The number of hydrogen-bond acceptors (Lipinski definition) is 7. The number of halogens is 3. The minimum Gasteiger partial charge on any atom is -0.343 e. The summed E-state index contributed by atoms with van der Waals surface area (Å²) in [6.07, 6.45) is 0.559. The molecule has 12 heteroatoms. The average molecular weight is 504 g/mol. The maximum atomic E-state index is 12.8. The van der Waals surface area contributed by atoms with Crippen molar-refractivity contribution in [3.05, 3.63) is 65.2 Å². The van der Waals surface area contributed by atoms with Crippen molar-refractivity contribution >= 4 is 39.1 Å². The van der Waals surface area contributed by atoms with E-state index in [1.165, 1.54) is 23.5 Å². The number of benzene rings is 1. The predicted octanol–water partition coefficient (Wildman–Crippen LogP) is 4.70. The summed E-state index contributed by atoms with van der Waals surface area (Å²) in [7, 11) is 3.98. The van der Waals surface area contributed by atoms with Crippen LogP contribution in [-0.2, 0) is 12.7 Å². The Balaban J connectivity index is 1.41. The van der Waals surface area contributed by atoms with Gasteiger partial charge in [-0.2, -0.15) is 13.2 Å². The van der Waals surface area contributed by atoms with Crippen LogP contribution in [0.2, 0.25) is 0 Å². The molecule has 3 heterocycles. The van der Waals surface area contributed by atoms with Crippen LogP contribution in [0.15, 0.2) is 49.1 Å². The maximum Gasteiger partial charge on any atom is 0.416 e. The van der Waals surface area contributed by atoms with Crippen LogP contribution in [0.3, 0.4) is 0 Å². The number of pyridine rings is 1. The fourth-order valence-corrected chi connectivity index (χ4v) is 4.16. The number of nitrogens with zero attached hydrogens (tertiary/aromatic N) is 5. The fraction of sp³-hybridized carbons (Fsp3) is 0.304. The molecule has 0 aliphatic carbocycles. The van der Waals surface area contributed by atoms with Gasteiger partial charge in [0.05, 0.1) is 29.6 Å². The van der Waals surface area contributed by atoms with Crippen LogP contribution < -0.4 is 10.6 Å². The second-order valence-electron chi connectivity index (χ2n) is 8.26. The first-order chi connectivity index (χ1) is 16.6. The molecular weight excluding hydrogens is 479 g/mol. The lowest BCUT2D eigenvalue weighted by molar-refractivity contribution is -0.137. The molecule has 0 bridgehead atoms. The first-order valence-electron chi connectivity index (χ1n) is 10.8. The number of aromatic nitrogens is 4. The van der Waals surface area contributed by atoms with Gasteiger partial charge in [0.2, 0.25) is 0 Å². The van der Waals surface area contributed by atoms with Crippen molar-refractivity contribution in [2.24, 2.45) is 0 Å². The van der Waals surface area contributed by atoms with Gasteiger partial charge in [-0.1, -0.05) is 11.3 Å². The van der Waals surface area contributed by atoms with E-state index in [1.807, 2.05) is 25.6 Å². The van der Waals surface area contributed by atoms with Crippen molar-refractivity contribution in [1.29, 1.82) is 0 Å². The summed E-state index contributed by atoms with van der Waals surface area (Å²) in [5.41, 5.74) is 1.60. The molecule has 4 aromatic rings. The molecule has 0 saturated carbocycles. The highest BCUT2D eigenvalue weighted by molar-refractivity contribution is 7.15. The van der Waals surface area contributed by atoms with Gasteiger partial charge >= 0.3 is 6.18 Å². The molecule has 0 fully saturated rings. The lowest BCUT2D eigenvalue weighted by atomic mass is 10.2. The zero-order valence-electron chi connectivity index (χ0n) is 19.3. The largest absolute Gasteiger partial charge is 0.416 e. The van der Waals surface area contributed by atoms with Gasteiger partial charge in [0.25, 0.3) is 5.91 Å². The molecule has 0 saturated heterocycles. The van der Waals surface area contributed by atoms with Gasteiger partial charge in [-0.05, 0) is 51.4 Å². The molecule has 8 nitrogen and oxygen atoms in total. The van der Waals surface area contributed by atoms with E-state index in [1.54, 1.807) is 24.8 Å². The molecule has 1 amide bonds. The highest BCUT2D eigenvalue weighted by atomic mass is 32.1. The maximum absolute atomic E-state index is 12.8. The molecule has 4 rings (SSSR count). The fourth-order valence-electron chi connectivity index (χ4n) is 3.32. The Morgan fingerprint density at radius 3 is 2.57 bits per heavy atom. The number of nitrogens with one attached hydrogen (secondary N) is 2. The van der Waals surface area contributed by atoms with E-state index in [0.29, 0.717) is 10.8 Å². The van der Waals surface area contributed by atoms with Crippen LogP contribution in [0.25, 0.3) is 11.0 Å². The lowest BCUT2D eigenvalue weighted by Crippen LogP contribution is -2.27. The first-order valence-corrected chi connectivity index (χ1v) is 11.6. The van der Waals surface area contributed by atoms with E-state index in [0.717, 1.165) is 41.1 Å². The summed E-state index contributed by atoms with van der Waals surface area (Å²) in [6.45, 7) is 3.40. The van der Waals surface area contributed by atoms with Crippen molar-refractivity contribution in [3.63, 3.8) is 0 Å². The summed E-state index contributed by atoms with van der Waals surface area (Å²) in [4.78, 5) is 28.5. The second kappa shape index (κ2) is 10.0.